The van der Waals surface area contributed by atoms with Gasteiger partial charge in [0.2, 0.25) is 0 Å². The van der Waals surface area contributed by atoms with Crippen LogP contribution in [0.25, 0.3) is 0 Å². The molecule has 0 radical (unpaired) electrons. The number of nitrogens with one attached hydrogen (secondary N) is 1. The molecule has 0 amide bonds. The van der Waals surface area contributed by atoms with Crippen LogP contribution in [-0.4, -0.2) is 10.6 Å². The molecule has 1 heterocycles. The van der Waals surface area contributed by atoms with Crippen LogP contribution >= 0.6 is 0 Å². The van der Waals surface area contributed by atoms with Crippen molar-refractivity contribution in [1.29, 1.82) is 0 Å². The van der Waals surface area contributed by atoms with Crippen LogP contribution in [0.4, 0.5) is 0 Å². The first-order valence-corrected chi connectivity index (χ1v) is 5.61. The smallest absolute Gasteiger partial charge is 0.0361 e. The molecular formula is C12H22N2. The fraction of sp³-hybridized carbons (Fsp3) is 0.667. The van der Waals surface area contributed by atoms with E-state index in [9.17, 15) is 0 Å². The molecule has 0 unspecified atom stereocenters. The molecule has 0 aliphatic rings. The highest BCUT2D eigenvalue weighted by molar-refractivity contribution is 5.06. The van der Waals surface area contributed by atoms with E-state index in [-0.39, 0.29) is 0 Å². The summed E-state index contributed by atoms with van der Waals surface area (Å²) in [6.07, 6.45) is 4.70. The predicted molar refractivity (Wildman–Crippen MR) is 61.3 cm³/mol. The van der Waals surface area contributed by atoms with E-state index in [4.69, 9.17) is 0 Å². The first kappa shape index (κ1) is 11.3. The lowest BCUT2D eigenvalue weighted by Gasteiger charge is -2.11. The Hall–Kier alpha value is -0.760. The van der Waals surface area contributed by atoms with Crippen molar-refractivity contribution in [2.45, 2.75) is 52.7 Å². The van der Waals surface area contributed by atoms with Gasteiger partial charge in [0, 0.05) is 31.0 Å². The molecule has 80 valence electrons. The minimum absolute atomic E-state index is 0.560. The molecule has 0 saturated carbocycles. The highest BCUT2D eigenvalue weighted by Gasteiger charge is 2.00. The fourth-order valence-corrected chi connectivity index (χ4v) is 1.47. The van der Waals surface area contributed by atoms with Crippen LogP contribution in [-0.2, 0) is 13.1 Å². The fourth-order valence-electron chi connectivity index (χ4n) is 1.47. The zero-order chi connectivity index (χ0) is 10.4. The summed E-state index contributed by atoms with van der Waals surface area (Å²) in [5.74, 6) is 0. The van der Waals surface area contributed by atoms with Crippen LogP contribution in [0.3, 0.4) is 0 Å². The van der Waals surface area contributed by atoms with Crippen LogP contribution in [0.5, 0.6) is 0 Å². The van der Waals surface area contributed by atoms with Crippen LogP contribution < -0.4 is 5.32 Å². The number of aryl methyl sites for hydroxylation is 1. The number of unbranched alkanes of at least 4 members (excludes halogenated alkanes) is 1. The maximum atomic E-state index is 3.44. The molecule has 14 heavy (non-hydrogen) atoms. The summed E-state index contributed by atoms with van der Waals surface area (Å²) >= 11 is 0. The number of rotatable bonds is 6. The van der Waals surface area contributed by atoms with Crippen molar-refractivity contribution < 1.29 is 0 Å². The second kappa shape index (κ2) is 5.86. The predicted octanol–water partition coefficient (Wildman–Crippen LogP) is 2.79. The van der Waals surface area contributed by atoms with Gasteiger partial charge in [-0.05, 0) is 18.6 Å². The Morgan fingerprint density at radius 2 is 2.21 bits per heavy atom. The largest absolute Gasteiger partial charge is 0.350 e. The lowest BCUT2D eigenvalue weighted by molar-refractivity contribution is 0.544. The number of aromatic nitrogens is 1. The van der Waals surface area contributed by atoms with E-state index in [2.05, 4.69) is 49.0 Å². The second-order valence-corrected chi connectivity index (χ2v) is 4.08. The van der Waals surface area contributed by atoms with E-state index in [0.717, 1.165) is 13.1 Å². The molecule has 2 heteroatoms. The van der Waals surface area contributed by atoms with Gasteiger partial charge >= 0.3 is 0 Å². The molecule has 0 bridgehead atoms. The molecule has 1 rings (SSSR count). The van der Waals surface area contributed by atoms with Crippen LogP contribution in [0.15, 0.2) is 18.3 Å². The standard InChI is InChI=1S/C12H22N2/c1-4-5-8-14-9-6-7-12(14)10-13-11(2)3/h6-7,9,11,13H,4-5,8,10H2,1-3H3. The summed E-state index contributed by atoms with van der Waals surface area (Å²) in [7, 11) is 0. The topological polar surface area (TPSA) is 17.0 Å². The molecule has 0 aliphatic heterocycles. The van der Waals surface area contributed by atoms with Crippen LogP contribution in [0.2, 0.25) is 0 Å². The Morgan fingerprint density at radius 1 is 1.43 bits per heavy atom. The van der Waals surface area contributed by atoms with Crippen molar-refractivity contribution in [2.24, 2.45) is 0 Å². The molecule has 1 aromatic heterocycles. The van der Waals surface area contributed by atoms with E-state index in [0.29, 0.717) is 6.04 Å². The number of nitrogens with zero attached hydrogens (tertiary/aromatic N) is 1. The molecule has 0 aromatic carbocycles. The number of hydrogen-bond acceptors (Lipinski definition) is 1. The van der Waals surface area contributed by atoms with Gasteiger partial charge in [0.1, 0.15) is 0 Å². The first-order valence-electron chi connectivity index (χ1n) is 5.61. The average Bonchev–Trinajstić information content (AvgIpc) is 2.58. The zero-order valence-electron chi connectivity index (χ0n) is 9.59. The minimum atomic E-state index is 0.560. The third-order valence-electron chi connectivity index (χ3n) is 2.37. The van der Waals surface area contributed by atoms with Gasteiger partial charge in [0.25, 0.3) is 0 Å². The molecule has 0 atom stereocenters. The van der Waals surface area contributed by atoms with Crippen molar-refractivity contribution in [2.75, 3.05) is 0 Å². The molecule has 0 aliphatic carbocycles. The average molecular weight is 194 g/mol. The highest BCUT2D eigenvalue weighted by Crippen LogP contribution is 2.04. The molecule has 1 N–H and O–H groups in total. The van der Waals surface area contributed by atoms with E-state index >= 15 is 0 Å². The lowest BCUT2D eigenvalue weighted by Crippen LogP contribution is -2.23. The molecular weight excluding hydrogens is 172 g/mol. The summed E-state index contributed by atoms with van der Waals surface area (Å²) in [6, 6.07) is 4.89. The van der Waals surface area contributed by atoms with Crippen molar-refractivity contribution in [3.63, 3.8) is 0 Å². The van der Waals surface area contributed by atoms with E-state index in [1.165, 1.54) is 18.5 Å². The second-order valence-electron chi connectivity index (χ2n) is 4.08. The summed E-state index contributed by atoms with van der Waals surface area (Å²) in [4.78, 5) is 0. The van der Waals surface area contributed by atoms with Gasteiger partial charge in [0.05, 0.1) is 0 Å². The number of hydrogen-bond donors (Lipinski definition) is 1. The molecule has 0 saturated heterocycles. The Labute approximate surface area is 87.3 Å². The van der Waals surface area contributed by atoms with Gasteiger partial charge in [-0.25, -0.2) is 0 Å². The molecule has 1 aromatic rings. The molecule has 0 fully saturated rings. The quantitative estimate of drug-likeness (QED) is 0.737. The Bertz CT molecular complexity index is 251. The third kappa shape index (κ3) is 3.54. The first-order chi connectivity index (χ1) is 6.74. The maximum Gasteiger partial charge on any atom is 0.0361 e. The van der Waals surface area contributed by atoms with E-state index < -0.39 is 0 Å². The minimum Gasteiger partial charge on any atom is -0.350 e. The van der Waals surface area contributed by atoms with Gasteiger partial charge in [-0.15, -0.1) is 0 Å². The van der Waals surface area contributed by atoms with Crippen molar-refractivity contribution >= 4 is 0 Å². The Kier molecular flexibility index (Phi) is 4.74. The van der Waals surface area contributed by atoms with Crippen molar-refractivity contribution in [1.82, 2.24) is 9.88 Å². The van der Waals surface area contributed by atoms with Gasteiger partial charge in [-0.3, -0.25) is 0 Å². The van der Waals surface area contributed by atoms with Gasteiger partial charge in [0.15, 0.2) is 0 Å². The maximum absolute atomic E-state index is 3.44. The summed E-state index contributed by atoms with van der Waals surface area (Å²) in [5.41, 5.74) is 1.40. The highest BCUT2D eigenvalue weighted by atomic mass is 15.0. The summed E-state index contributed by atoms with van der Waals surface area (Å²) in [5, 5.41) is 3.44. The monoisotopic (exact) mass is 194 g/mol. The summed E-state index contributed by atoms with van der Waals surface area (Å²) < 4.78 is 2.35. The molecule has 0 spiro atoms. The van der Waals surface area contributed by atoms with Gasteiger partial charge < -0.3 is 9.88 Å². The van der Waals surface area contributed by atoms with E-state index in [1.54, 1.807) is 0 Å². The molecule has 2 nitrogen and oxygen atoms in total. The van der Waals surface area contributed by atoms with Crippen molar-refractivity contribution in [3.8, 4) is 0 Å². The Balaban J connectivity index is 2.45. The van der Waals surface area contributed by atoms with Gasteiger partial charge in [-0.2, -0.15) is 0 Å². The summed E-state index contributed by atoms with van der Waals surface area (Å²) in [6.45, 7) is 8.72. The van der Waals surface area contributed by atoms with E-state index in [1.807, 2.05) is 0 Å². The third-order valence-corrected chi connectivity index (χ3v) is 2.37. The van der Waals surface area contributed by atoms with Crippen LogP contribution in [0, 0.1) is 0 Å². The van der Waals surface area contributed by atoms with Crippen LogP contribution in [0.1, 0.15) is 39.3 Å². The lowest BCUT2D eigenvalue weighted by atomic mass is 10.3. The zero-order valence-corrected chi connectivity index (χ0v) is 9.59. The SMILES string of the molecule is CCCCn1cccc1CNC(C)C. The van der Waals surface area contributed by atoms with Crippen molar-refractivity contribution in [3.05, 3.63) is 24.0 Å². The normalized spacial score (nSPS) is 11.1. The van der Waals surface area contributed by atoms with Gasteiger partial charge in [-0.1, -0.05) is 27.2 Å². The Morgan fingerprint density at radius 3 is 2.86 bits per heavy atom.